The van der Waals surface area contributed by atoms with Gasteiger partial charge in [0.05, 0.1) is 12.8 Å². The Morgan fingerprint density at radius 1 is 1.18 bits per heavy atom. The Morgan fingerprint density at radius 3 is 2.55 bits per heavy atom. The lowest BCUT2D eigenvalue weighted by Gasteiger charge is -2.11. The number of aromatic nitrogens is 2. The number of hydrogen-bond donors (Lipinski definition) is 1. The van der Waals surface area contributed by atoms with Crippen LogP contribution in [-0.4, -0.2) is 22.8 Å². The largest absolute Gasteiger partial charge is 0.496 e. The molecule has 0 radical (unpaired) electrons. The van der Waals surface area contributed by atoms with Gasteiger partial charge in [0.2, 0.25) is 5.91 Å². The average molecular weight is 293 g/mol. The van der Waals surface area contributed by atoms with E-state index in [2.05, 4.69) is 5.10 Å². The zero-order valence-corrected chi connectivity index (χ0v) is 12.1. The van der Waals surface area contributed by atoms with E-state index in [0.717, 1.165) is 16.8 Å². The molecule has 1 heterocycles. The number of carbonyl (C=O) groups excluding carboxylic acids is 1. The number of methoxy groups -OCH3 is 1. The molecule has 0 saturated carbocycles. The quantitative estimate of drug-likeness (QED) is 0.804. The van der Waals surface area contributed by atoms with Crippen molar-refractivity contribution in [1.29, 1.82) is 0 Å². The van der Waals surface area contributed by atoms with E-state index in [1.807, 2.05) is 36.5 Å². The first-order valence-corrected chi connectivity index (χ1v) is 6.77. The van der Waals surface area contributed by atoms with Crippen LogP contribution < -0.4 is 10.5 Å². The fraction of sp³-hybridized carbons (Fsp3) is 0.0588. The van der Waals surface area contributed by atoms with Crippen LogP contribution in [0, 0.1) is 0 Å². The highest BCUT2D eigenvalue weighted by molar-refractivity contribution is 5.94. The zero-order valence-electron chi connectivity index (χ0n) is 12.1. The van der Waals surface area contributed by atoms with Gasteiger partial charge in [-0.25, -0.2) is 4.68 Å². The standard InChI is InChI=1S/C17H15N3O2/c1-22-16-8-5-13(17(18)21)11-15(16)12-3-6-14(7-4-12)20-10-2-9-19-20/h2-11H,1H3,(H2,18,21). The lowest BCUT2D eigenvalue weighted by molar-refractivity contribution is 0.100. The molecule has 0 bridgehead atoms. The molecule has 110 valence electrons. The van der Waals surface area contributed by atoms with Crippen molar-refractivity contribution >= 4 is 5.91 Å². The van der Waals surface area contributed by atoms with Gasteiger partial charge in [0.15, 0.2) is 0 Å². The molecule has 5 nitrogen and oxygen atoms in total. The smallest absolute Gasteiger partial charge is 0.248 e. The van der Waals surface area contributed by atoms with Crippen LogP contribution in [0.25, 0.3) is 16.8 Å². The van der Waals surface area contributed by atoms with Crippen molar-refractivity contribution in [2.24, 2.45) is 5.73 Å². The molecule has 0 aliphatic heterocycles. The summed E-state index contributed by atoms with van der Waals surface area (Å²) in [5, 5.41) is 4.19. The maximum Gasteiger partial charge on any atom is 0.248 e. The second-order valence-electron chi connectivity index (χ2n) is 4.78. The monoisotopic (exact) mass is 293 g/mol. The fourth-order valence-corrected chi connectivity index (χ4v) is 2.30. The van der Waals surface area contributed by atoms with E-state index >= 15 is 0 Å². The Balaban J connectivity index is 2.03. The van der Waals surface area contributed by atoms with Gasteiger partial charge in [0.1, 0.15) is 5.75 Å². The molecule has 0 aliphatic carbocycles. The van der Waals surface area contributed by atoms with Crippen LogP contribution in [0.5, 0.6) is 5.75 Å². The summed E-state index contributed by atoms with van der Waals surface area (Å²) < 4.78 is 7.15. The minimum Gasteiger partial charge on any atom is -0.496 e. The minimum absolute atomic E-state index is 0.451. The number of amides is 1. The molecule has 1 amide bonds. The summed E-state index contributed by atoms with van der Waals surface area (Å²) in [4.78, 5) is 11.4. The van der Waals surface area contributed by atoms with Gasteiger partial charge >= 0.3 is 0 Å². The van der Waals surface area contributed by atoms with Gasteiger partial charge in [-0.15, -0.1) is 0 Å². The second kappa shape index (κ2) is 5.73. The summed E-state index contributed by atoms with van der Waals surface area (Å²) >= 11 is 0. The summed E-state index contributed by atoms with van der Waals surface area (Å²) in [5.41, 5.74) is 8.52. The van der Waals surface area contributed by atoms with E-state index in [-0.39, 0.29) is 0 Å². The van der Waals surface area contributed by atoms with Crippen LogP contribution in [0.15, 0.2) is 60.9 Å². The van der Waals surface area contributed by atoms with E-state index < -0.39 is 5.91 Å². The first kappa shape index (κ1) is 13.9. The molecule has 0 unspecified atom stereocenters. The summed E-state index contributed by atoms with van der Waals surface area (Å²) in [6.45, 7) is 0. The van der Waals surface area contributed by atoms with E-state index in [4.69, 9.17) is 10.5 Å². The van der Waals surface area contributed by atoms with Crippen LogP contribution in [0.3, 0.4) is 0 Å². The summed E-state index contributed by atoms with van der Waals surface area (Å²) in [7, 11) is 1.60. The molecule has 0 spiro atoms. The Kier molecular flexibility index (Phi) is 3.62. The molecule has 2 N–H and O–H groups in total. The molecule has 22 heavy (non-hydrogen) atoms. The molecule has 5 heteroatoms. The number of rotatable bonds is 4. The first-order valence-electron chi connectivity index (χ1n) is 6.77. The van der Waals surface area contributed by atoms with Crippen molar-refractivity contribution < 1.29 is 9.53 Å². The Labute approximate surface area is 127 Å². The van der Waals surface area contributed by atoms with Crippen molar-refractivity contribution in [2.45, 2.75) is 0 Å². The number of primary amides is 1. The van der Waals surface area contributed by atoms with Crippen LogP contribution in [-0.2, 0) is 0 Å². The zero-order chi connectivity index (χ0) is 15.5. The van der Waals surface area contributed by atoms with Gasteiger partial charge in [-0.2, -0.15) is 5.10 Å². The molecule has 0 aliphatic rings. The minimum atomic E-state index is -0.461. The maximum absolute atomic E-state index is 11.4. The fourth-order valence-electron chi connectivity index (χ4n) is 2.30. The van der Waals surface area contributed by atoms with E-state index in [0.29, 0.717) is 11.3 Å². The molecule has 0 fully saturated rings. The van der Waals surface area contributed by atoms with Crippen LogP contribution in [0.2, 0.25) is 0 Å². The molecule has 2 aromatic carbocycles. The highest BCUT2D eigenvalue weighted by atomic mass is 16.5. The normalized spacial score (nSPS) is 10.4. The van der Waals surface area contributed by atoms with Crippen LogP contribution in [0.1, 0.15) is 10.4 Å². The van der Waals surface area contributed by atoms with Crippen molar-refractivity contribution in [3.8, 4) is 22.6 Å². The van der Waals surface area contributed by atoms with E-state index in [1.165, 1.54) is 0 Å². The lowest BCUT2D eigenvalue weighted by atomic mass is 10.0. The predicted molar refractivity (Wildman–Crippen MR) is 84.1 cm³/mol. The molecule has 0 saturated heterocycles. The van der Waals surface area contributed by atoms with Gasteiger partial charge < -0.3 is 10.5 Å². The number of hydrogen-bond acceptors (Lipinski definition) is 3. The topological polar surface area (TPSA) is 70.1 Å². The number of ether oxygens (including phenoxy) is 1. The van der Waals surface area contributed by atoms with Gasteiger partial charge in [-0.1, -0.05) is 12.1 Å². The highest BCUT2D eigenvalue weighted by Gasteiger charge is 2.10. The summed E-state index contributed by atoms with van der Waals surface area (Å²) in [6.07, 6.45) is 3.61. The third-order valence-corrected chi connectivity index (χ3v) is 3.43. The predicted octanol–water partition coefficient (Wildman–Crippen LogP) is 2.65. The van der Waals surface area contributed by atoms with Crippen molar-refractivity contribution in [2.75, 3.05) is 7.11 Å². The lowest BCUT2D eigenvalue weighted by Crippen LogP contribution is -2.10. The highest BCUT2D eigenvalue weighted by Crippen LogP contribution is 2.31. The third kappa shape index (κ3) is 2.56. The Bertz CT molecular complexity index is 793. The second-order valence-corrected chi connectivity index (χ2v) is 4.78. The molecular weight excluding hydrogens is 278 g/mol. The van der Waals surface area contributed by atoms with E-state index in [9.17, 15) is 4.79 Å². The first-order chi connectivity index (χ1) is 10.7. The van der Waals surface area contributed by atoms with Crippen molar-refractivity contribution in [1.82, 2.24) is 9.78 Å². The van der Waals surface area contributed by atoms with Gasteiger partial charge in [-0.05, 0) is 42.0 Å². The molecule has 1 aromatic heterocycles. The SMILES string of the molecule is COc1ccc(C(N)=O)cc1-c1ccc(-n2cccn2)cc1. The summed E-state index contributed by atoms with van der Waals surface area (Å²) in [5.74, 6) is 0.230. The van der Waals surface area contributed by atoms with Gasteiger partial charge in [0, 0.05) is 23.5 Å². The van der Waals surface area contributed by atoms with Crippen LogP contribution in [0.4, 0.5) is 0 Å². The molecule has 3 rings (SSSR count). The molecular formula is C17H15N3O2. The Hall–Kier alpha value is -3.08. The van der Waals surface area contributed by atoms with Crippen LogP contribution >= 0.6 is 0 Å². The Morgan fingerprint density at radius 2 is 1.95 bits per heavy atom. The van der Waals surface area contributed by atoms with Gasteiger partial charge in [-0.3, -0.25) is 4.79 Å². The number of carbonyl (C=O) groups is 1. The maximum atomic E-state index is 11.4. The van der Waals surface area contributed by atoms with Crippen molar-refractivity contribution in [3.63, 3.8) is 0 Å². The average Bonchev–Trinajstić information content (AvgIpc) is 3.09. The van der Waals surface area contributed by atoms with Gasteiger partial charge in [0.25, 0.3) is 0 Å². The molecule has 3 aromatic rings. The van der Waals surface area contributed by atoms with E-state index in [1.54, 1.807) is 36.2 Å². The summed E-state index contributed by atoms with van der Waals surface area (Å²) in [6, 6.07) is 14.8. The number of nitrogens with zero attached hydrogens (tertiary/aromatic N) is 2. The number of nitrogens with two attached hydrogens (primary N) is 1. The third-order valence-electron chi connectivity index (χ3n) is 3.43. The molecule has 0 atom stereocenters. The number of benzene rings is 2. The van der Waals surface area contributed by atoms with Crippen molar-refractivity contribution in [3.05, 3.63) is 66.5 Å².